The summed E-state index contributed by atoms with van der Waals surface area (Å²) in [4.78, 5) is 4.15. The maximum absolute atomic E-state index is 6.02. The predicted molar refractivity (Wildman–Crippen MR) is 62.4 cm³/mol. The standard InChI is InChI=1S/C11H16N2O.ClH/c1-8-5-11(8,12)7-14-10-4-3-9(2)13-6-10;/h3-4,6,8H,5,7,12H2,1-2H3;1H. The molecule has 1 heterocycles. The lowest BCUT2D eigenvalue weighted by Gasteiger charge is -2.11. The van der Waals surface area contributed by atoms with Crippen LogP contribution in [-0.4, -0.2) is 17.1 Å². The number of aromatic nitrogens is 1. The Morgan fingerprint density at radius 2 is 2.27 bits per heavy atom. The fourth-order valence-corrected chi connectivity index (χ4v) is 1.47. The first-order valence-electron chi connectivity index (χ1n) is 4.94. The molecule has 2 atom stereocenters. The van der Waals surface area contributed by atoms with Crippen LogP contribution in [0.25, 0.3) is 0 Å². The second-order valence-corrected chi connectivity index (χ2v) is 4.26. The zero-order valence-corrected chi connectivity index (χ0v) is 9.88. The van der Waals surface area contributed by atoms with Crippen molar-refractivity contribution in [1.29, 1.82) is 0 Å². The van der Waals surface area contributed by atoms with E-state index in [0.717, 1.165) is 17.9 Å². The summed E-state index contributed by atoms with van der Waals surface area (Å²) >= 11 is 0. The van der Waals surface area contributed by atoms with Crippen LogP contribution in [0.2, 0.25) is 0 Å². The lowest BCUT2D eigenvalue weighted by atomic mass is 10.2. The predicted octanol–water partition coefficient (Wildman–Crippen LogP) is 1.93. The molecule has 0 amide bonds. The van der Waals surface area contributed by atoms with Gasteiger partial charge in [-0.3, -0.25) is 4.98 Å². The number of hydrogen-bond acceptors (Lipinski definition) is 3. The number of hydrogen-bond donors (Lipinski definition) is 1. The first-order valence-corrected chi connectivity index (χ1v) is 4.94. The summed E-state index contributed by atoms with van der Waals surface area (Å²) in [5.41, 5.74) is 6.93. The van der Waals surface area contributed by atoms with Crippen molar-refractivity contribution in [2.24, 2.45) is 11.7 Å². The van der Waals surface area contributed by atoms with Crippen molar-refractivity contribution in [3.63, 3.8) is 0 Å². The Hall–Kier alpha value is -0.800. The van der Waals surface area contributed by atoms with Gasteiger partial charge in [0.05, 0.1) is 11.7 Å². The minimum atomic E-state index is -0.0924. The largest absolute Gasteiger partial charge is 0.490 e. The number of nitrogens with zero attached hydrogens (tertiary/aromatic N) is 1. The molecule has 0 spiro atoms. The SMILES string of the molecule is Cc1ccc(OCC2(N)CC2C)cn1.Cl. The van der Waals surface area contributed by atoms with E-state index in [1.165, 1.54) is 0 Å². The molecule has 0 aliphatic heterocycles. The topological polar surface area (TPSA) is 48.1 Å². The molecule has 1 aromatic rings. The highest BCUT2D eigenvalue weighted by Gasteiger charge is 2.48. The van der Waals surface area contributed by atoms with Crippen molar-refractivity contribution in [2.75, 3.05) is 6.61 Å². The Kier molecular flexibility index (Phi) is 3.58. The van der Waals surface area contributed by atoms with E-state index >= 15 is 0 Å². The quantitative estimate of drug-likeness (QED) is 0.860. The van der Waals surface area contributed by atoms with Gasteiger partial charge in [-0.2, -0.15) is 0 Å². The third kappa shape index (κ3) is 2.83. The Bertz CT molecular complexity index is 328. The van der Waals surface area contributed by atoms with Gasteiger partial charge in [0.25, 0.3) is 0 Å². The Morgan fingerprint density at radius 1 is 1.60 bits per heavy atom. The highest BCUT2D eigenvalue weighted by atomic mass is 35.5. The zero-order valence-electron chi connectivity index (χ0n) is 9.06. The summed E-state index contributed by atoms with van der Waals surface area (Å²) in [5.74, 6) is 1.39. The second kappa shape index (κ2) is 4.37. The Morgan fingerprint density at radius 3 is 2.73 bits per heavy atom. The number of nitrogens with two attached hydrogens (primary N) is 1. The molecule has 1 saturated carbocycles. The molecule has 1 aliphatic carbocycles. The van der Waals surface area contributed by atoms with E-state index in [4.69, 9.17) is 10.5 Å². The molecule has 0 aromatic carbocycles. The van der Waals surface area contributed by atoms with Crippen LogP contribution in [0.15, 0.2) is 18.3 Å². The minimum absolute atomic E-state index is 0. The first kappa shape index (κ1) is 12.3. The molecule has 2 unspecified atom stereocenters. The van der Waals surface area contributed by atoms with Gasteiger partial charge in [-0.05, 0) is 31.4 Å². The van der Waals surface area contributed by atoms with Crippen molar-refractivity contribution in [2.45, 2.75) is 25.8 Å². The lowest BCUT2D eigenvalue weighted by Crippen LogP contribution is -2.32. The number of pyridine rings is 1. The van der Waals surface area contributed by atoms with Crippen LogP contribution in [0, 0.1) is 12.8 Å². The number of ether oxygens (including phenoxy) is 1. The second-order valence-electron chi connectivity index (χ2n) is 4.26. The van der Waals surface area contributed by atoms with Gasteiger partial charge in [0, 0.05) is 5.69 Å². The molecule has 0 radical (unpaired) electrons. The van der Waals surface area contributed by atoms with Gasteiger partial charge in [0.15, 0.2) is 0 Å². The van der Waals surface area contributed by atoms with Crippen molar-refractivity contribution in [1.82, 2.24) is 4.98 Å². The average molecular weight is 229 g/mol. The van der Waals surface area contributed by atoms with Gasteiger partial charge in [0.2, 0.25) is 0 Å². The number of aryl methyl sites for hydroxylation is 1. The van der Waals surface area contributed by atoms with Crippen LogP contribution in [0.4, 0.5) is 0 Å². The molecule has 2 N–H and O–H groups in total. The molecule has 1 fully saturated rings. The summed E-state index contributed by atoms with van der Waals surface area (Å²) in [6, 6.07) is 3.87. The smallest absolute Gasteiger partial charge is 0.137 e. The van der Waals surface area contributed by atoms with Gasteiger partial charge in [0.1, 0.15) is 12.4 Å². The molecule has 4 heteroatoms. The molecular weight excluding hydrogens is 212 g/mol. The molecule has 2 rings (SSSR count). The van der Waals surface area contributed by atoms with E-state index in [9.17, 15) is 0 Å². The van der Waals surface area contributed by atoms with E-state index in [-0.39, 0.29) is 17.9 Å². The maximum atomic E-state index is 6.02. The molecule has 0 saturated heterocycles. The molecule has 3 nitrogen and oxygen atoms in total. The van der Waals surface area contributed by atoms with Crippen LogP contribution in [0.1, 0.15) is 19.0 Å². The van der Waals surface area contributed by atoms with Gasteiger partial charge in [-0.15, -0.1) is 12.4 Å². The van der Waals surface area contributed by atoms with Crippen molar-refractivity contribution >= 4 is 12.4 Å². The Balaban J connectivity index is 0.00000112. The zero-order chi connectivity index (χ0) is 10.2. The number of rotatable bonds is 3. The molecule has 1 aromatic heterocycles. The summed E-state index contributed by atoms with van der Waals surface area (Å²) in [6.07, 6.45) is 2.80. The fourth-order valence-electron chi connectivity index (χ4n) is 1.47. The van der Waals surface area contributed by atoms with E-state index in [0.29, 0.717) is 12.5 Å². The summed E-state index contributed by atoms with van der Waals surface area (Å²) in [7, 11) is 0. The highest BCUT2D eigenvalue weighted by Crippen LogP contribution is 2.40. The van der Waals surface area contributed by atoms with E-state index < -0.39 is 0 Å². The van der Waals surface area contributed by atoms with Crippen LogP contribution in [-0.2, 0) is 0 Å². The molecular formula is C11H17ClN2O. The lowest BCUT2D eigenvalue weighted by molar-refractivity contribution is 0.270. The molecule has 15 heavy (non-hydrogen) atoms. The van der Waals surface area contributed by atoms with Gasteiger partial charge < -0.3 is 10.5 Å². The molecule has 84 valence electrons. The maximum Gasteiger partial charge on any atom is 0.137 e. The van der Waals surface area contributed by atoms with Crippen molar-refractivity contribution in [3.8, 4) is 5.75 Å². The number of halogens is 1. The Labute approximate surface area is 96.4 Å². The van der Waals surface area contributed by atoms with Crippen LogP contribution >= 0.6 is 12.4 Å². The highest BCUT2D eigenvalue weighted by molar-refractivity contribution is 5.85. The van der Waals surface area contributed by atoms with E-state index in [1.54, 1.807) is 6.20 Å². The van der Waals surface area contributed by atoms with Crippen LogP contribution in [0.5, 0.6) is 5.75 Å². The van der Waals surface area contributed by atoms with E-state index in [1.807, 2.05) is 19.1 Å². The summed E-state index contributed by atoms with van der Waals surface area (Å²) in [6.45, 7) is 4.70. The third-order valence-electron chi connectivity index (χ3n) is 2.90. The summed E-state index contributed by atoms with van der Waals surface area (Å²) < 4.78 is 5.57. The normalized spacial score (nSPS) is 28.1. The van der Waals surface area contributed by atoms with Crippen LogP contribution < -0.4 is 10.5 Å². The van der Waals surface area contributed by atoms with Gasteiger partial charge in [-0.25, -0.2) is 0 Å². The van der Waals surface area contributed by atoms with Crippen molar-refractivity contribution < 1.29 is 4.74 Å². The van der Waals surface area contributed by atoms with Crippen LogP contribution in [0.3, 0.4) is 0 Å². The minimum Gasteiger partial charge on any atom is -0.490 e. The average Bonchev–Trinajstić information content (AvgIpc) is 2.74. The summed E-state index contributed by atoms with van der Waals surface area (Å²) in [5, 5.41) is 0. The van der Waals surface area contributed by atoms with Gasteiger partial charge >= 0.3 is 0 Å². The monoisotopic (exact) mass is 228 g/mol. The first-order chi connectivity index (χ1) is 6.60. The van der Waals surface area contributed by atoms with Gasteiger partial charge in [-0.1, -0.05) is 6.92 Å². The molecule has 0 bridgehead atoms. The van der Waals surface area contributed by atoms with Crippen molar-refractivity contribution in [3.05, 3.63) is 24.0 Å². The molecule has 1 aliphatic rings. The van der Waals surface area contributed by atoms with E-state index in [2.05, 4.69) is 11.9 Å². The fraction of sp³-hybridized carbons (Fsp3) is 0.545. The third-order valence-corrected chi connectivity index (χ3v) is 2.90.